The number of imide groups is 1. The Hall–Kier alpha value is -1.59. The summed E-state index contributed by atoms with van der Waals surface area (Å²) in [6, 6.07) is -1.43. The van der Waals surface area contributed by atoms with Gasteiger partial charge in [-0.05, 0) is 6.42 Å². The fourth-order valence-electron chi connectivity index (χ4n) is 1.00. The quantitative estimate of drug-likeness (QED) is 0.417. The van der Waals surface area contributed by atoms with Crippen molar-refractivity contribution >= 4 is 17.8 Å². The van der Waals surface area contributed by atoms with Gasteiger partial charge in [0.1, 0.15) is 6.04 Å². The lowest BCUT2D eigenvalue weighted by molar-refractivity contribution is -0.134. The number of hydrogen-bond acceptors (Lipinski definition) is 3. The minimum Gasteiger partial charge on any atom is -0.352 e. The molecule has 4 N–H and O–H groups in total. The van der Waals surface area contributed by atoms with E-state index in [4.69, 9.17) is 5.73 Å². The van der Waals surface area contributed by atoms with E-state index in [-0.39, 0.29) is 12.3 Å². The molecule has 1 saturated heterocycles. The predicted octanol–water partition coefficient (Wildman–Crippen LogP) is -1.54. The molecule has 1 atom stereocenters. The average molecular weight is 171 g/mol. The van der Waals surface area contributed by atoms with Gasteiger partial charge in [-0.1, -0.05) is 0 Å². The van der Waals surface area contributed by atoms with Crippen LogP contribution in [0.15, 0.2) is 0 Å². The van der Waals surface area contributed by atoms with Crippen LogP contribution in [0.2, 0.25) is 0 Å². The molecule has 1 rings (SSSR count). The van der Waals surface area contributed by atoms with Gasteiger partial charge in [0.05, 0.1) is 0 Å². The molecule has 4 amide bonds. The van der Waals surface area contributed by atoms with E-state index in [1.54, 1.807) is 0 Å². The number of nitrogens with one attached hydrogen (secondary N) is 2. The number of carbonyl (C=O) groups excluding carboxylic acids is 3. The van der Waals surface area contributed by atoms with Gasteiger partial charge < -0.3 is 11.1 Å². The Morgan fingerprint density at radius 1 is 1.58 bits per heavy atom. The third-order valence-electron chi connectivity index (χ3n) is 1.56. The first-order valence-corrected chi connectivity index (χ1v) is 3.49. The molecule has 0 aromatic carbocycles. The maximum Gasteiger partial charge on any atom is 0.312 e. The Labute approximate surface area is 68.5 Å². The zero-order valence-electron chi connectivity index (χ0n) is 6.29. The van der Waals surface area contributed by atoms with Crippen molar-refractivity contribution < 1.29 is 14.4 Å². The Bertz CT molecular complexity index is 238. The molecule has 0 bridgehead atoms. The second-order valence-electron chi connectivity index (χ2n) is 2.51. The van der Waals surface area contributed by atoms with E-state index in [2.05, 4.69) is 10.6 Å². The van der Waals surface area contributed by atoms with Gasteiger partial charge in [-0.25, -0.2) is 4.79 Å². The lowest BCUT2D eigenvalue weighted by Crippen LogP contribution is -2.53. The minimum atomic E-state index is -0.760. The van der Waals surface area contributed by atoms with E-state index in [1.165, 1.54) is 0 Å². The highest BCUT2D eigenvalue weighted by atomic mass is 16.2. The number of rotatable bonds is 1. The highest BCUT2D eigenvalue weighted by Gasteiger charge is 2.26. The summed E-state index contributed by atoms with van der Waals surface area (Å²) in [6.07, 6.45) is 0.546. The zero-order valence-corrected chi connectivity index (χ0v) is 6.29. The molecule has 0 aromatic rings. The lowest BCUT2D eigenvalue weighted by atomic mass is 10.1. The molecule has 0 radical (unpaired) electrons. The second kappa shape index (κ2) is 3.21. The van der Waals surface area contributed by atoms with E-state index in [0.717, 1.165) is 0 Å². The maximum atomic E-state index is 10.9. The summed E-state index contributed by atoms with van der Waals surface area (Å²) >= 11 is 0. The first kappa shape index (κ1) is 8.51. The normalized spacial score (nSPS) is 23.2. The molecular formula is C6H9N3O3. The Kier molecular flexibility index (Phi) is 2.27. The molecule has 1 unspecified atom stereocenters. The van der Waals surface area contributed by atoms with Crippen LogP contribution in [-0.2, 0) is 9.59 Å². The predicted molar refractivity (Wildman–Crippen MR) is 38.9 cm³/mol. The summed E-state index contributed by atoms with van der Waals surface area (Å²) in [5, 5.41) is 4.31. The SMILES string of the molecule is NC(=O)NC1CCC(=O)NC1=O. The highest BCUT2D eigenvalue weighted by Crippen LogP contribution is 2.03. The van der Waals surface area contributed by atoms with Crippen LogP contribution in [0.4, 0.5) is 4.79 Å². The number of nitrogens with two attached hydrogens (primary N) is 1. The summed E-state index contributed by atoms with van der Waals surface area (Å²) < 4.78 is 0. The van der Waals surface area contributed by atoms with Crippen LogP contribution in [0.3, 0.4) is 0 Å². The molecule has 6 nitrogen and oxygen atoms in total. The van der Waals surface area contributed by atoms with Crippen LogP contribution in [-0.4, -0.2) is 23.9 Å². The first-order chi connectivity index (χ1) is 5.59. The van der Waals surface area contributed by atoms with Crippen molar-refractivity contribution in [2.45, 2.75) is 18.9 Å². The molecule has 0 aromatic heterocycles. The van der Waals surface area contributed by atoms with Crippen molar-refractivity contribution in [2.75, 3.05) is 0 Å². The molecule has 1 aliphatic heterocycles. The summed E-state index contributed by atoms with van der Waals surface area (Å²) in [7, 11) is 0. The van der Waals surface area contributed by atoms with Gasteiger partial charge in [0.25, 0.3) is 0 Å². The van der Waals surface area contributed by atoms with E-state index in [0.29, 0.717) is 6.42 Å². The zero-order chi connectivity index (χ0) is 9.14. The van der Waals surface area contributed by atoms with Crippen molar-refractivity contribution in [2.24, 2.45) is 5.73 Å². The third-order valence-corrected chi connectivity index (χ3v) is 1.56. The average Bonchev–Trinajstić information content (AvgIpc) is 1.94. The lowest BCUT2D eigenvalue weighted by Gasteiger charge is -2.20. The second-order valence-corrected chi connectivity index (χ2v) is 2.51. The third kappa shape index (κ3) is 1.94. The Balaban J connectivity index is 2.51. The topological polar surface area (TPSA) is 101 Å². The monoisotopic (exact) mass is 171 g/mol. The van der Waals surface area contributed by atoms with Crippen LogP contribution in [0, 0.1) is 0 Å². The molecule has 1 fully saturated rings. The number of primary amides is 1. The first-order valence-electron chi connectivity index (χ1n) is 3.49. The standard InChI is InChI=1S/C6H9N3O3/c7-6(12)8-3-1-2-4(10)9-5(3)11/h3H,1-2H2,(H3,7,8,12)(H,9,10,11). The van der Waals surface area contributed by atoms with E-state index < -0.39 is 18.0 Å². The molecule has 0 spiro atoms. The molecule has 0 aliphatic carbocycles. The van der Waals surface area contributed by atoms with E-state index in [1.807, 2.05) is 0 Å². The van der Waals surface area contributed by atoms with Crippen LogP contribution >= 0.6 is 0 Å². The van der Waals surface area contributed by atoms with E-state index in [9.17, 15) is 14.4 Å². The molecule has 1 heterocycles. The fraction of sp³-hybridized carbons (Fsp3) is 0.500. The van der Waals surface area contributed by atoms with Gasteiger partial charge in [-0.15, -0.1) is 0 Å². The van der Waals surface area contributed by atoms with Crippen molar-refractivity contribution in [3.05, 3.63) is 0 Å². The van der Waals surface area contributed by atoms with Gasteiger partial charge >= 0.3 is 6.03 Å². The molecular weight excluding hydrogens is 162 g/mol. The smallest absolute Gasteiger partial charge is 0.312 e. The number of hydrogen-bond donors (Lipinski definition) is 3. The Morgan fingerprint density at radius 2 is 2.25 bits per heavy atom. The van der Waals surface area contributed by atoms with Gasteiger partial charge in [-0.2, -0.15) is 0 Å². The summed E-state index contributed by atoms with van der Waals surface area (Å²) in [6.45, 7) is 0. The summed E-state index contributed by atoms with van der Waals surface area (Å²) in [4.78, 5) is 31.9. The van der Waals surface area contributed by atoms with Gasteiger partial charge in [0, 0.05) is 6.42 Å². The minimum absolute atomic E-state index is 0.233. The van der Waals surface area contributed by atoms with Crippen molar-refractivity contribution in [1.29, 1.82) is 0 Å². The van der Waals surface area contributed by atoms with Crippen molar-refractivity contribution in [3.8, 4) is 0 Å². The molecule has 66 valence electrons. The Morgan fingerprint density at radius 3 is 2.75 bits per heavy atom. The highest BCUT2D eigenvalue weighted by molar-refractivity contribution is 6.01. The van der Waals surface area contributed by atoms with Gasteiger partial charge in [-0.3, -0.25) is 14.9 Å². The molecule has 0 saturated carbocycles. The van der Waals surface area contributed by atoms with Crippen molar-refractivity contribution in [3.63, 3.8) is 0 Å². The fourth-order valence-corrected chi connectivity index (χ4v) is 1.00. The molecule has 6 heteroatoms. The van der Waals surface area contributed by atoms with Crippen LogP contribution in [0.5, 0.6) is 0 Å². The number of piperidine rings is 1. The summed E-state index contributed by atoms with van der Waals surface area (Å²) in [5.74, 6) is -0.812. The van der Waals surface area contributed by atoms with Gasteiger partial charge in [0.15, 0.2) is 0 Å². The molecule has 1 aliphatic rings. The van der Waals surface area contributed by atoms with Crippen LogP contribution in [0.25, 0.3) is 0 Å². The van der Waals surface area contributed by atoms with Crippen LogP contribution < -0.4 is 16.4 Å². The van der Waals surface area contributed by atoms with E-state index >= 15 is 0 Å². The van der Waals surface area contributed by atoms with Gasteiger partial charge in [0.2, 0.25) is 11.8 Å². The number of urea groups is 1. The number of carbonyl (C=O) groups is 3. The summed E-state index contributed by atoms with van der Waals surface area (Å²) in [5.41, 5.74) is 4.81. The largest absolute Gasteiger partial charge is 0.352 e. The van der Waals surface area contributed by atoms with Crippen molar-refractivity contribution in [1.82, 2.24) is 10.6 Å². The maximum absolute atomic E-state index is 10.9. The van der Waals surface area contributed by atoms with Crippen LogP contribution in [0.1, 0.15) is 12.8 Å². The number of amides is 4. The molecule has 12 heavy (non-hydrogen) atoms.